The van der Waals surface area contributed by atoms with Gasteiger partial charge in [0.1, 0.15) is 6.54 Å². The van der Waals surface area contributed by atoms with E-state index in [4.69, 9.17) is 5.11 Å². The third-order valence-corrected chi connectivity index (χ3v) is 3.53. The number of anilines is 1. The summed E-state index contributed by atoms with van der Waals surface area (Å²) < 4.78 is 4.63. The molecule has 1 amide bonds. The SMILES string of the molecule is Cc1nn(C)cc1Cn1cc(NC(=O)c2cnn(CC(=O)O)c2)cn1. The Balaban J connectivity index is 1.64. The second-order valence-corrected chi connectivity index (χ2v) is 5.61. The van der Waals surface area contributed by atoms with Gasteiger partial charge in [-0.3, -0.25) is 23.6 Å². The van der Waals surface area contributed by atoms with Gasteiger partial charge in [-0.1, -0.05) is 0 Å². The molecule has 0 bridgehead atoms. The molecule has 0 fully saturated rings. The van der Waals surface area contributed by atoms with Crippen LogP contribution in [0.2, 0.25) is 0 Å². The van der Waals surface area contributed by atoms with E-state index in [0.717, 1.165) is 11.3 Å². The van der Waals surface area contributed by atoms with Crippen LogP contribution in [0.15, 0.2) is 31.0 Å². The number of amides is 1. The number of carboxylic acid groups (broad SMARTS) is 1. The van der Waals surface area contributed by atoms with Crippen LogP contribution in [0.4, 0.5) is 5.69 Å². The lowest BCUT2D eigenvalue weighted by Crippen LogP contribution is -2.11. The maximum atomic E-state index is 12.2. The molecule has 2 N–H and O–H groups in total. The first-order valence-corrected chi connectivity index (χ1v) is 7.48. The Morgan fingerprint density at radius 2 is 1.92 bits per heavy atom. The molecule has 3 aromatic rings. The van der Waals surface area contributed by atoms with Crippen molar-refractivity contribution in [2.24, 2.45) is 7.05 Å². The van der Waals surface area contributed by atoms with Crippen molar-refractivity contribution in [2.45, 2.75) is 20.0 Å². The van der Waals surface area contributed by atoms with Gasteiger partial charge in [0, 0.05) is 31.2 Å². The van der Waals surface area contributed by atoms with Crippen molar-refractivity contribution in [2.75, 3.05) is 5.32 Å². The number of aromatic nitrogens is 6. The number of nitrogens with zero attached hydrogens (tertiary/aromatic N) is 6. The van der Waals surface area contributed by atoms with Crippen LogP contribution in [0.3, 0.4) is 0 Å². The Labute approximate surface area is 142 Å². The lowest BCUT2D eigenvalue weighted by Gasteiger charge is -2.00. The zero-order valence-corrected chi connectivity index (χ0v) is 13.7. The summed E-state index contributed by atoms with van der Waals surface area (Å²) in [6.45, 7) is 2.18. The van der Waals surface area contributed by atoms with E-state index >= 15 is 0 Å². The van der Waals surface area contributed by atoms with Crippen molar-refractivity contribution in [3.8, 4) is 0 Å². The highest BCUT2D eigenvalue weighted by atomic mass is 16.4. The third-order valence-electron chi connectivity index (χ3n) is 3.53. The van der Waals surface area contributed by atoms with Gasteiger partial charge in [0.25, 0.3) is 5.91 Å². The van der Waals surface area contributed by atoms with E-state index in [0.29, 0.717) is 12.2 Å². The standard InChI is InChI=1S/C15H17N7O3/c1-10-12(5-20(2)19-10)7-21-8-13(4-17-21)18-15(25)11-3-16-22(6-11)9-14(23)24/h3-6,8H,7,9H2,1-2H3,(H,18,25)(H,23,24). The predicted octanol–water partition coefficient (Wildman–Crippen LogP) is 0.507. The highest BCUT2D eigenvalue weighted by Gasteiger charge is 2.12. The maximum absolute atomic E-state index is 12.2. The fourth-order valence-electron chi connectivity index (χ4n) is 2.40. The molecule has 0 saturated heterocycles. The number of carboxylic acids is 1. The highest BCUT2D eigenvalue weighted by molar-refractivity contribution is 6.03. The predicted molar refractivity (Wildman–Crippen MR) is 87.1 cm³/mol. The first-order valence-electron chi connectivity index (χ1n) is 7.48. The topological polar surface area (TPSA) is 120 Å². The van der Waals surface area contributed by atoms with Crippen molar-refractivity contribution < 1.29 is 14.7 Å². The summed E-state index contributed by atoms with van der Waals surface area (Å²) in [6.07, 6.45) is 7.89. The van der Waals surface area contributed by atoms with E-state index < -0.39 is 5.97 Å². The van der Waals surface area contributed by atoms with Crippen molar-refractivity contribution >= 4 is 17.6 Å². The molecule has 0 saturated carbocycles. The zero-order valence-electron chi connectivity index (χ0n) is 13.7. The molecule has 0 unspecified atom stereocenters. The Hall–Kier alpha value is -3.43. The Morgan fingerprint density at radius 1 is 1.16 bits per heavy atom. The molecule has 0 aliphatic rings. The van der Waals surface area contributed by atoms with Crippen molar-refractivity contribution in [3.05, 3.63) is 47.8 Å². The van der Waals surface area contributed by atoms with E-state index in [-0.39, 0.29) is 18.0 Å². The minimum atomic E-state index is -1.03. The van der Waals surface area contributed by atoms with Crippen LogP contribution >= 0.6 is 0 Å². The number of aryl methyl sites for hydroxylation is 2. The van der Waals surface area contributed by atoms with Crippen molar-refractivity contribution in [1.82, 2.24) is 29.3 Å². The Morgan fingerprint density at radius 3 is 2.60 bits per heavy atom. The molecular weight excluding hydrogens is 326 g/mol. The number of hydrogen-bond donors (Lipinski definition) is 2. The smallest absolute Gasteiger partial charge is 0.325 e. The molecule has 3 aromatic heterocycles. The van der Waals surface area contributed by atoms with Gasteiger partial charge in [-0.2, -0.15) is 15.3 Å². The normalized spacial score (nSPS) is 10.8. The van der Waals surface area contributed by atoms with E-state index in [1.54, 1.807) is 21.8 Å². The first kappa shape index (κ1) is 16.4. The molecule has 0 radical (unpaired) electrons. The Bertz CT molecular complexity index is 921. The zero-order chi connectivity index (χ0) is 18.0. The summed E-state index contributed by atoms with van der Waals surface area (Å²) in [6, 6.07) is 0. The van der Waals surface area contributed by atoms with Gasteiger partial charge < -0.3 is 10.4 Å². The Kier molecular flexibility index (Phi) is 4.33. The average molecular weight is 343 g/mol. The van der Waals surface area contributed by atoms with Crippen LogP contribution in [0.5, 0.6) is 0 Å². The fraction of sp³-hybridized carbons (Fsp3) is 0.267. The molecule has 0 atom stereocenters. The molecule has 25 heavy (non-hydrogen) atoms. The first-order chi connectivity index (χ1) is 11.9. The minimum Gasteiger partial charge on any atom is -0.480 e. The van der Waals surface area contributed by atoms with E-state index in [1.807, 2.05) is 20.2 Å². The van der Waals surface area contributed by atoms with Crippen LogP contribution in [0.25, 0.3) is 0 Å². The molecule has 0 aliphatic carbocycles. The van der Waals surface area contributed by atoms with Gasteiger partial charge in [0.2, 0.25) is 0 Å². The molecular formula is C15H17N7O3. The number of hydrogen-bond acceptors (Lipinski definition) is 5. The summed E-state index contributed by atoms with van der Waals surface area (Å²) in [7, 11) is 1.86. The van der Waals surface area contributed by atoms with Gasteiger partial charge in [0.05, 0.1) is 35.9 Å². The molecule has 3 heterocycles. The van der Waals surface area contributed by atoms with Gasteiger partial charge in [-0.05, 0) is 6.92 Å². The second kappa shape index (κ2) is 6.59. The average Bonchev–Trinajstić information content (AvgIpc) is 3.21. The third kappa shape index (κ3) is 3.91. The van der Waals surface area contributed by atoms with E-state index in [2.05, 4.69) is 20.6 Å². The van der Waals surface area contributed by atoms with Crippen LogP contribution in [-0.4, -0.2) is 46.3 Å². The summed E-state index contributed by atoms with van der Waals surface area (Å²) in [5, 5.41) is 23.8. The van der Waals surface area contributed by atoms with Gasteiger partial charge in [-0.25, -0.2) is 0 Å². The molecule has 3 rings (SSSR count). The molecule has 10 heteroatoms. The number of nitrogens with one attached hydrogen (secondary N) is 1. The lowest BCUT2D eigenvalue weighted by molar-refractivity contribution is -0.137. The summed E-state index contributed by atoms with van der Waals surface area (Å²) >= 11 is 0. The van der Waals surface area contributed by atoms with Crippen LogP contribution < -0.4 is 5.32 Å². The van der Waals surface area contributed by atoms with Gasteiger partial charge >= 0.3 is 5.97 Å². The van der Waals surface area contributed by atoms with Crippen molar-refractivity contribution in [1.29, 1.82) is 0 Å². The molecule has 0 aromatic carbocycles. The van der Waals surface area contributed by atoms with Crippen molar-refractivity contribution in [3.63, 3.8) is 0 Å². The number of aliphatic carboxylic acids is 1. The summed E-state index contributed by atoms with van der Waals surface area (Å²) in [5.74, 6) is -1.41. The van der Waals surface area contributed by atoms with E-state index in [1.165, 1.54) is 17.1 Å². The summed E-state index contributed by atoms with van der Waals surface area (Å²) in [4.78, 5) is 22.8. The molecule has 0 aliphatic heterocycles. The van der Waals surface area contributed by atoms with Crippen LogP contribution in [0, 0.1) is 6.92 Å². The number of rotatable bonds is 6. The van der Waals surface area contributed by atoms with Gasteiger partial charge in [-0.15, -0.1) is 0 Å². The monoisotopic (exact) mass is 343 g/mol. The maximum Gasteiger partial charge on any atom is 0.325 e. The van der Waals surface area contributed by atoms with Gasteiger partial charge in [0.15, 0.2) is 0 Å². The van der Waals surface area contributed by atoms with Crippen LogP contribution in [-0.2, 0) is 24.9 Å². The second-order valence-electron chi connectivity index (χ2n) is 5.61. The highest BCUT2D eigenvalue weighted by Crippen LogP contribution is 2.11. The largest absolute Gasteiger partial charge is 0.480 e. The van der Waals surface area contributed by atoms with Crippen LogP contribution in [0.1, 0.15) is 21.6 Å². The molecule has 0 spiro atoms. The lowest BCUT2D eigenvalue weighted by atomic mass is 10.3. The summed E-state index contributed by atoms with van der Waals surface area (Å²) in [5.41, 5.74) is 2.78. The number of carbonyl (C=O) groups excluding carboxylic acids is 1. The molecule has 10 nitrogen and oxygen atoms in total. The molecule has 130 valence electrons. The minimum absolute atomic E-state index is 0.275. The quantitative estimate of drug-likeness (QED) is 0.673. The number of carbonyl (C=O) groups is 2. The van der Waals surface area contributed by atoms with E-state index in [9.17, 15) is 9.59 Å². The fourth-order valence-corrected chi connectivity index (χ4v) is 2.40.